The van der Waals surface area contributed by atoms with Gasteiger partial charge in [0.25, 0.3) is 5.69 Å². The first-order valence-electron chi connectivity index (χ1n) is 8.38. The van der Waals surface area contributed by atoms with Crippen molar-refractivity contribution in [1.82, 2.24) is 4.72 Å². The van der Waals surface area contributed by atoms with E-state index in [4.69, 9.17) is 0 Å². The van der Waals surface area contributed by atoms with Gasteiger partial charge in [-0.2, -0.15) is 4.72 Å². The van der Waals surface area contributed by atoms with Crippen LogP contribution in [0.5, 0.6) is 0 Å². The fourth-order valence-corrected chi connectivity index (χ4v) is 3.43. The Kier molecular flexibility index (Phi) is 6.64. The molecule has 0 bridgehead atoms. The van der Waals surface area contributed by atoms with Crippen molar-refractivity contribution in [3.8, 4) is 0 Å². The predicted octanol–water partition coefficient (Wildman–Crippen LogP) is 3.61. The Morgan fingerprint density at radius 3 is 2.18 bits per heavy atom. The molecule has 2 rings (SSSR count). The lowest BCUT2D eigenvalue weighted by molar-refractivity contribution is -0.384. The van der Waals surface area contributed by atoms with Gasteiger partial charge in [-0.1, -0.05) is 29.8 Å². The molecule has 146 valence electrons. The van der Waals surface area contributed by atoms with E-state index in [2.05, 4.69) is 10.5 Å². The third kappa shape index (κ3) is 5.47. The van der Waals surface area contributed by atoms with Gasteiger partial charge < -0.3 is 0 Å². The molecular weight excluding hydrogens is 380 g/mol. The third-order valence-electron chi connectivity index (χ3n) is 4.07. The highest BCUT2D eigenvalue weighted by molar-refractivity contribution is 7.89. The number of benzene rings is 2. The van der Waals surface area contributed by atoms with E-state index in [1.165, 1.54) is 49.4 Å². The molecule has 0 spiro atoms. The van der Waals surface area contributed by atoms with Crippen LogP contribution in [0.25, 0.3) is 0 Å². The number of nitro groups is 1. The predicted molar refractivity (Wildman–Crippen MR) is 105 cm³/mol. The molecule has 8 heteroatoms. The Labute approximate surface area is 163 Å². The minimum atomic E-state index is -3.87. The highest BCUT2D eigenvalue weighted by Gasteiger charge is 2.20. The van der Waals surface area contributed by atoms with E-state index in [9.17, 15) is 23.3 Å². The van der Waals surface area contributed by atoms with Crippen molar-refractivity contribution in [2.75, 3.05) is 0 Å². The molecule has 0 heterocycles. The van der Waals surface area contributed by atoms with E-state index in [1.54, 1.807) is 19.1 Å². The van der Waals surface area contributed by atoms with Crippen LogP contribution in [0.15, 0.2) is 70.8 Å². The zero-order valence-electron chi connectivity index (χ0n) is 15.7. The number of carbonyl (C=O) groups excluding carboxylic acids is 1. The molecule has 0 saturated heterocycles. The molecule has 28 heavy (non-hydrogen) atoms. The van der Waals surface area contributed by atoms with E-state index < -0.39 is 21.0 Å². The number of carbonyl (C=O) groups is 1. The van der Waals surface area contributed by atoms with Gasteiger partial charge in [-0.3, -0.25) is 14.9 Å². The van der Waals surface area contributed by atoms with Crippen LogP contribution < -0.4 is 4.72 Å². The standard InChI is InChI=1S/C20H20N2O5S/c1-14-4-11-19(12-5-14)28(26,27)21-20(13-6-15(2)16(3)23)17-7-9-18(10-8-17)22(24)25/h4-5,7-13,20-21H,1-3H3. The number of aryl methyl sites for hydroxylation is 1. The molecule has 0 aromatic heterocycles. The maximum atomic E-state index is 12.7. The molecule has 0 aliphatic rings. The van der Waals surface area contributed by atoms with Crippen molar-refractivity contribution >= 4 is 21.5 Å². The second-order valence-corrected chi connectivity index (χ2v) is 7.97. The lowest BCUT2D eigenvalue weighted by Crippen LogP contribution is -2.27. The van der Waals surface area contributed by atoms with Gasteiger partial charge in [-0.25, -0.2) is 8.42 Å². The monoisotopic (exact) mass is 400 g/mol. The van der Waals surface area contributed by atoms with Gasteiger partial charge in [0, 0.05) is 17.7 Å². The zero-order chi connectivity index (χ0) is 20.9. The van der Waals surface area contributed by atoms with E-state index in [0.717, 1.165) is 5.56 Å². The normalized spacial score (nSPS) is 12.0. The summed E-state index contributed by atoms with van der Waals surface area (Å²) < 4.78 is 28.0. The van der Waals surface area contributed by atoms with Crippen molar-refractivity contribution in [2.45, 2.75) is 31.7 Å². The van der Waals surface area contributed by atoms with Gasteiger partial charge in [0.15, 0.2) is 5.78 Å². The average Bonchev–Trinajstić information content (AvgIpc) is 2.65. The zero-order valence-corrected chi connectivity index (χ0v) is 16.5. The largest absolute Gasteiger partial charge is 0.294 e. The van der Waals surface area contributed by atoms with Gasteiger partial charge in [-0.15, -0.1) is 5.73 Å². The van der Waals surface area contributed by atoms with Crippen molar-refractivity contribution in [1.29, 1.82) is 0 Å². The first-order chi connectivity index (χ1) is 13.1. The summed E-state index contributed by atoms with van der Waals surface area (Å²) in [4.78, 5) is 21.8. The highest BCUT2D eigenvalue weighted by Crippen LogP contribution is 2.22. The number of nitrogens with zero attached hydrogens (tertiary/aromatic N) is 1. The molecule has 0 fully saturated rings. The fraction of sp³-hybridized carbons (Fsp3) is 0.200. The second-order valence-electron chi connectivity index (χ2n) is 6.25. The van der Waals surface area contributed by atoms with Crippen LogP contribution in [0.1, 0.15) is 31.0 Å². The summed E-state index contributed by atoms with van der Waals surface area (Å²) in [6, 6.07) is 11.0. The number of ketones is 1. The molecule has 1 N–H and O–H groups in total. The number of rotatable bonds is 7. The minimum Gasteiger partial charge on any atom is -0.294 e. The minimum absolute atomic E-state index is 0.0886. The number of hydrogen-bond donors (Lipinski definition) is 1. The summed E-state index contributed by atoms with van der Waals surface area (Å²) in [6.45, 7) is 4.80. The molecule has 2 aromatic rings. The number of nitrogens with one attached hydrogen (secondary N) is 1. The Morgan fingerprint density at radius 1 is 1.11 bits per heavy atom. The van der Waals surface area contributed by atoms with Crippen LogP contribution in [0.2, 0.25) is 0 Å². The SMILES string of the molecule is CC(=O)C(C)=C=CC(NS(=O)(=O)c1ccc(C)cc1)c1ccc([N+](=O)[O-])cc1. The Morgan fingerprint density at radius 2 is 1.68 bits per heavy atom. The van der Waals surface area contributed by atoms with Gasteiger partial charge >= 0.3 is 0 Å². The summed E-state index contributed by atoms with van der Waals surface area (Å²) >= 11 is 0. The topological polar surface area (TPSA) is 106 Å². The molecule has 1 unspecified atom stereocenters. The van der Waals surface area contributed by atoms with Crippen LogP contribution in [0.4, 0.5) is 5.69 Å². The Bertz CT molecular complexity index is 1050. The maximum Gasteiger partial charge on any atom is 0.269 e. The van der Waals surface area contributed by atoms with Crippen molar-refractivity contribution in [2.24, 2.45) is 0 Å². The third-order valence-corrected chi connectivity index (χ3v) is 5.53. The van der Waals surface area contributed by atoms with Crippen molar-refractivity contribution in [3.63, 3.8) is 0 Å². The molecule has 1 atom stereocenters. The molecule has 0 radical (unpaired) electrons. The lowest BCUT2D eigenvalue weighted by atomic mass is 10.1. The first kappa shape index (κ1) is 21.2. The van der Waals surface area contributed by atoms with Crippen molar-refractivity contribution in [3.05, 3.63) is 87.2 Å². The number of non-ortho nitro benzene ring substituents is 1. The Hall–Kier alpha value is -3.06. The van der Waals surface area contributed by atoms with Crippen LogP contribution in [0, 0.1) is 17.0 Å². The molecule has 0 amide bonds. The summed E-state index contributed by atoms with van der Waals surface area (Å²) in [7, 11) is -3.87. The van der Waals surface area contributed by atoms with Crippen LogP contribution >= 0.6 is 0 Å². The molecular formula is C20H20N2O5S. The smallest absolute Gasteiger partial charge is 0.269 e. The van der Waals surface area contributed by atoms with Crippen LogP contribution in [-0.4, -0.2) is 19.1 Å². The van der Waals surface area contributed by atoms with E-state index in [1.807, 2.05) is 6.92 Å². The van der Waals surface area contributed by atoms with E-state index >= 15 is 0 Å². The first-order valence-corrected chi connectivity index (χ1v) is 9.86. The van der Waals surface area contributed by atoms with Crippen molar-refractivity contribution < 1.29 is 18.1 Å². The number of Topliss-reactive ketones (excluding diaryl/α,β-unsaturated/α-hetero) is 1. The quantitative estimate of drug-likeness (QED) is 0.331. The summed E-state index contributed by atoms with van der Waals surface area (Å²) in [5.41, 5.74) is 4.41. The molecule has 7 nitrogen and oxygen atoms in total. The fourth-order valence-electron chi connectivity index (χ4n) is 2.26. The van der Waals surface area contributed by atoms with Gasteiger partial charge in [0.05, 0.1) is 15.9 Å². The maximum absolute atomic E-state index is 12.7. The van der Waals surface area contributed by atoms with E-state index in [-0.39, 0.29) is 16.4 Å². The van der Waals surface area contributed by atoms with Gasteiger partial charge in [0.2, 0.25) is 10.0 Å². The number of sulfonamides is 1. The van der Waals surface area contributed by atoms with Crippen LogP contribution in [0.3, 0.4) is 0 Å². The molecule has 2 aromatic carbocycles. The highest BCUT2D eigenvalue weighted by atomic mass is 32.2. The number of nitro benzene ring substituents is 1. The van der Waals surface area contributed by atoms with E-state index in [0.29, 0.717) is 11.1 Å². The van der Waals surface area contributed by atoms with Crippen LogP contribution in [-0.2, 0) is 14.8 Å². The lowest BCUT2D eigenvalue weighted by Gasteiger charge is -2.15. The summed E-state index contributed by atoms with van der Waals surface area (Å²) in [5.74, 6) is -0.194. The average molecular weight is 400 g/mol. The summed E-state index contributed by atoms with van der Waals surface area (Å²) in [6.07, 6.45) is 1.42. The second kappa shape index (κ2) is 8.75. The number of hydrogen-bond acceptors (Lipinski definition) is 5. The van der Waals surface area contributed by atoms with Gasteiger partial charge in [0.1, 0.15) is 0 Å². The summed E-state index contributed by atoms with van der Waals surface area (Å²) in [5, 5.41) is 10.8. The molecule has 0 aliphatic carbocycles. The van der Waals surface area contributed by atoms with Gasteiger partial charge in [-0.05, 0) is 44.5 Å². The Balaban J connectivity index is 2.46. The molecule has 0 aliphatic heterocycles. The molecule has 0 saturated carbocycles.